The first kappa shape index (κ1) is 15.3. The molecule has 0 saturated carbocycles. The van der Waals surface area contributed by atoms with Crippen molar-refractivity contribution in [3.63, 3.8) is 0 Å². The fourth-order valence-corrected chi connectivity index (χ4v) is 3.16. The maximum absolute atomic E-state index is 3.68. The Kier molecular flexibility index (Phi) is 5.38. The fourth-order valence-electron chi connectivity index (χ4n) is 2.54. The van der Waals surface area contributed by atoms with E-state index < -0.39 is 0 Å². The highest BCUT2D eigenvalue weighted by atomic mass is 79.9. The Morgan fingerprint density at radius 3 is 2.50 bits per heavy atom. The quantitative estimate of drug-likeness (QED) is 0.798. The smallest absolute Gasteiger partial charge is 0.0579 e. The van der Waals surface area contributed by atoms with Crippen molar-refractivity contribution in [2.45, 2.75) is 33.2 Å². The lowest BCUT2D eigenvalue weighted by atomic mass is 9.94. The van der Waals surface area contributed by atoms with Crippen LogP contribution < -0.4 is 5.32 Å². The number of benzene rings is 2. The molecule has 106 valence electrons. The second kappa shape index (κ2) is 7.05. The van der Waals surface area contributed by atoms with Gasteiger partial charge in [-0.2, -0.15) is 0 Å². The lowest BCUT2D eigenvalue weighted by molar-refractivity contribution is 0.596. The van der Waals surface area contributed by atoms with Gasteiger partial charge in [0, 0.05) is 4.47 Å². The zero-order chi connectivity index (χ0) is 14.5. The molecule has 0 radical (unpaired) electrons. The number of halogens is 1. The summed E-state index contributed by atoms with van der Waals surface area (Å²) in [6, 6.07) is 15.5. The molecule has 0 aliphatic carbocycles. The Bertz CT molecular complexity index is 557. The minimum atomic E-state index is 0.257. The summed E-state index contributed by atoms with van der Waals surface area (Å²) >= 11 is 3.61. The Morgan fingerprint density at radius 1 is 1.10 bits per heavy atom. The monoisotopic (exact) mass is 331 g/mol. The molecule has 0 heterocycles. The molecule has 0 bridgehead atoms. The lowest BCUT2D eigenvalue weighted by Gasteiger charge is -2.22. The molecule has 1 atom stereocenters. The summed E-state index contributed by atoms with van der Waals surface area (Å²) in [7, 11) is 0. The van der Waals surface area contributed by atoms with Gasteiger partial charge in [-0.05, 0) is 61.2 Å². The van der Waals surface area contributed by atoms with E-state index in [0.29, 0.717) is 0 Å². The molecule has 0 aromatic heterocycles. The van der Waals surface area contributed by atoms with E-state index in [-0.39, 0.29) is 6.04 Å². The fraction of sp³-hybridized carbons (Fsp3) is 0.333. The third-order valence-corrected chi connectivity index (χ3v) is 3.95. The normalized spacial score (nSPS) is 12.4. The van der Waals surface area contributed by atoms with Crippen LogP contribution in [0.3, 0.4) is 0 Å². The Labute approximate surface area is 130 Å². The van der Waals surface area contributed by atoms with Gasteiger partial charge in [0.25, 0.3) is 0 Å². The highest BCUT2D eigenvalue weighted by Gasteiger charge is 2.15. The molecule has 0 aliphatic heterocycles. The van der Waals surface area contributed by atoms with Crippen LogP contribution in [-0.2, 0) is 0 Å². The van der Waals surface area contributed by atoms with Gasteiger partial charge < -0.3 is 5.32 Å². The number of hydrogen-bond acceptors (Lipinski definition) is 1. The lowest BCUT2D eigenvalue weighted by Crippen LogP contribution is -2.24. The first-order valence-electron chi connectivity index (χ1n) is 7.18. The van der Waals surface area contributed by atoms with Gasteiger partial charge in [-0.15, -0.1) is 0 Å². The van der Waals surface area contributed by atoms with Gasteiger partial charge in [0.05, 0.1) is 6.04 Å². The number of rotatable bonds is 5. The van der Waals surface area contributed by atoms with Crippen LogP contribution in [0.1, 0.15) is 41.6 Å². The van der Waals surface area contributed by atoms with E-state index in [4.69, 9.17) is 0 Å². The Morgan fingerprint density at radius 2 is 1.85 bits per heavy atom. The topological polar surface area (TPSA) is 12.0 Å². The van der Waals surface area contributed by atoms with Crippen LogP contribution in [0.5, 0.6) is 0 Å². The Hall–Kier alpha value is -1.12. The van der Waals surface area contributed by atoms with E-state index in [1.54, 1.807) is 0 Å². The summed E-state index contributed by atoms with van der Waals surface area (Å²) in [5.74, 6) is 0. The number of aryl methyl sites for hydroxylation is 2. The SMILES string of the molecule is CCCNC(c1cc(C)cc(Br)c1)c1ccccc1C. The van der Waals surface area contributed by atoms with Crippen LogP contribution in [0.2, 0.25) is 0 Å². The third-order valence-electron chi connectivity index (χ3n) is 3.50. The molecule has 2 heteroatoms. The zero-order valence-electron chi connectivity index (χ0n) is 12.4. The third kappa shape index (κ3) is 3.71. The second-order valence-electron chi connectivity index (χ2n) is 5.31. The standard InChI is InChI=1S/C18H22BrN/c1-4-9-20-18(17-8-6-5-7-14(17)3)15-10-13(2)11-16(19)12-15/h5-8,10-12,18,20H,4,9H2,1-3H3. The van der Waals surface area contributed by atoms with E-state index in [1.165, 1.54) is 22.3 Å². The van der Waals surface area contributed by atoms with Crippen molar-refractivity contribution in [2.24, 2.45) is 0 Å². The molecule has 0 fully saturated rings. The summed E-state index contributed by atoms with van der Waals surface area (Å²) in [6.07, 6.45) is 1.13. The van der Waals surface area contributed by atoms with E-state index in [2.05, 4.69) is 84.5 Å². The highest BCUT2D eigenvalue weighted by molar-refractivity contribution is 9.10. The molecule has 1 unspecified atom stereocenters. The van der Waals surface area contributed by atoms with Crippen molar-refractivity contribution in [2.75, 3.05) is 6.54 Å². The van der Waals surface area contributed by atoms with Crippen molar-refractivity contribution >= 4 is 15.9 Å². The van der Waals surface area contributed by atoms with Crippen molar-refractivity contribution in [3.05, 3.63) is 69.2 Å². The first-order chi connectivity index (χ1) is 9.61. The van der Waals surface area contributed by atoms with Crippen molar-refractivity contribution in [3.8, 4) is 0 Å². The van der Waals surface area contributed by atoms with Crippen LogP contribution in [0.15, 0.2) is 46.9 Å². The Balaban J connectivity index is 2.44. The highest BCUT2D eigenvalue weighted by Crippen LogP contribution is 2.28. The molecule has 0 aliphatic rings. The molecule has 2 rings (SSSR count). The van der Waals surface area contributed by atoms with Crippen LogP contribution in [0, 0.1) is 13.8 Å². The molecule has 2 aromatic carbocycles. The van der Waals surface area contributed by atoms with Gasteiger partial charge in [0.1, 0.15) is 0 Å². The summed E-state index contributed by atoms with van der Waals surface area (Å²) in [5, 5.41) is 3.68. The summed E-state index contributed by atoms with van der Waals surface area (Å²) in [5.41, 5.74) is 5.29. The predicted molar refractivity (Wildman–Crippen MR) is 90.2 cm³/mol. The molecule has 1 N–H and O–H groups in total. The van der Waals surface area contributed by atoms with Crippen LogP contribution in [-0.4, -0.2) is 6.54 Å². The maximum Gasteiger partial charge on any atom is 0.0579 e. The molecule has 20 heavy (non-hydrogen) atoms. The average molecular weight is 332 g/mol. The second-order valence-corrected chi connectivity index (χ2v) is 6.22. The minimum Gasteiger partial charge on any atom is -0.306 e. The minimum absolute atomic E-state index is 0.257. The van der Waals surface area contributed by atoms with E-state index in [1.807, 2.05) is 0 Å². The van der Waals surface area contributed by atoms with Crippen molar-refractivity contribution < 1.29 is 0 Å². The summed E-state index contributed by atoms with van der Waals surface area (Å²) in [4.78, 5) is 0. The van der Waals surface area contributed by atoms with Gasteiger partial charge in [-0.1, -0.05) is 53.2 Å². The van der Waals surface area contributed by atoms with Gasteiger partial charge in [0.2, 0.25) is 0 Å². The van der Waals surface area contributed by atoms with Gasteiger partial charge in [-0.25, -0.2) is 0 Å². The molecule has 1 nitrogen and oxygen atoms in total. The average Bonchev–Trinajstić information content (AvgIpc) is 2.40. The van der Waals surface area contributed by atoms with Crippen LogP contribution >= 0.6 is 15.9 Å². The molecular weight excluding hydrogens is 310 g/mol. The van der Waals surface area contributed by atoms with Gasteiger partial charge in [0.15, 0.2) is 0 Å². The molecule has 0 saturated heterocycles. The van der Waals surface area contributed by atoms with E-state index >= 15 is 0 Å². The van der Waals surface area contributed by atoms with Gasteiger partial charge in [-0.3, -0.25) is 0 Å². The van der Waals surface area contributed by atoms with E-state index in [9.17, 15) is 0 Å². The summed E-state index contributed by atoms with van der Waals surface area (Å²) in [6.45, 7) is 7.54. The molecule has 0 amide bonds. The largest absolute Gasteiger partial charge is 0.306 e. The zero-order valence-corrected chi connectivity index (χ0v) is 14.0. The van der Waals surface area contributed by atoms with Crippen LogP contribution in [0.25, 0.3) is 0 Å². The molecule has 0 spiro atoms. The van der Waals surface area contributed by atoms with Crippen LogP contribution in [0.4, 0.5) is 0 Å². The van der Waals surface area contributed by atoms with Gasteiger partial charge >= 0.3 is 0 Å². The number of nitrogens with one attached hydrogen (secondary N) is 1. The maximum atomic E-state index is 3.68. The van der Waals surface area contributed by atoms with Crippen molar-refractivity contribution in [1.82, 2.24) is 5.32 Å². The molecular formula is C18H22BrN. The number of hydrogen-bond donors (Lipinski definition) is 1. The first-order valence-corrected chi connectivity index (χ1v) is 7.97. The molecule has 2 aromatic rings. The summed E-state index contributed by atoms with van der Waals surface area (Å²) < 4.78 is 1.14. The predicted octanol–water partition coefficient (Wildman–Crippen LogP) is 5.15. The van der Waals surface area contributed by atoms with E-state index in [0.717, 1.165) is 17.4 Å². The van der Waals surface area contributed by atoms with Crippen molar-refractivity contribution in [1.29, 1.82) is 0 Å².